The molecular formula is C9H16N2OSi. The smallest absolute Gasteiger partial charge is 0.302 e. The molecule has 4 heteroatoms. The van der Waals surface area contributed by atoms with Crippen LogP contribution in [0, 0.1) is 13.8 Å². The average Bonchev–Trinajstić information content (AvgIpc) is 1.94. The van der Waals surface area contributed by atoms with Crippen molar-refractivity contribution in [2.45, 2.75) is 33.5 Å². The molecule has 0 bridgehead atoms. The van der Waals surface area contributed by atoms with Crippen molar-refractivity contribution in [2.24, 2.45) is 0 Å². The van der Waals surface area contributed by atoms with Crippen LogP contribution in [0.1, 0.15) is 11.3 Å². The Bertz CT molecular complexity index is 307. The maximum atomic E-state index is 5.65. The number of aryl methyl sites for hydroxylation is 2. The van der Waals surface area contributed by atoms with Crippen LogP contribution in [0.4, 0.5) is 0 Å². The van der Waals surface area contributed by atoms with E-state index < -0.39 is 8.32 Å². The lowest BCUT2D eigenvalue weighted by molar-refractivity contribution is 0.506. The topological polar surface area (TPSA) is 35.0 Å². The zero-order valence-electron chi connectivity index (χ0n) is 8.88. The third kappa shape index (κ3) is 3.14. The van der Waals surface area contributed by atoms with Crippen LogP contribution in [0.2, 0.25) is 19.6 Å². The molecule has 0 aromatic carbocycles. The number of hydrogen-bond donors (Lipinski definition) is 0. The fraction of sp³-hybridized carbons (Fsp3) is 0.556. The first kappa shape index (κ1) is 10.2. The van der Waals surface area contributed by atoms with Crippen LogP contribution < -0.4 is 4.43 Å². The molecule has 1 rings (SSSR count). The lowest BCUT2D eigenvalue weighted by atomic mass is 10.3. The summed E-state index contributed by atoms with van der Waals surface area (Å²) in [5, 5.41) is 0. The molecule has 0 amide bonds. The standard InChI is InChI=1S/C9H16N2OSi/c1-7-6-10-9(11-8(7)2)12-13(3,4)5/h6H,1-5H3. The molecule has 1 heterocycles. The van der Waals surface area contributed by atoms with E-state index in [9.17, 15) is 0 Å². The average molecular weight is 196 g/mol. The van der Waals surface area contributed by atoms with Gasteiger partial charge in [0, 0.05) is 11.9 Å². The predicted molar refractivity (Wildman–Crippen MR) is 55.5 cm³/mol. The van der Waals surface area contributed by atoms with E-state index in [1.165, 1.54) is 0 Å². The molecule has 0 aliphatic carbocycles. The van der Waals surface area contributed by atoms with Gasteiger partial charge in [0.15, 0.2) is 0 Å². The van der Waals surface area contributed by atoms with Gasteiger partial charge in [-0.05, 0) is 39.1 Å². The van der Waals surface area contributed by atoms with Crippen LogP contribution in [-0.2, 0) is 0 Å². The van der Waals surface area contributed by atoms with E-state index in [2.05, 4.69) is 29.6 Å². The van der Waals surface area contributed by atoms with Crippen molar-refractivity contribution in [1.29, 1.82) is 0 Å². The van der Waals surface area contributed by atoms with Crippen LogP contribution in [0.15, 0.2) is 6.20 Å². The van der Waals surface area contributed by atoms with Gasteiger partial charge in [-0.25, -0.2) is 9.97 Å². The van der Waals surface area contributed by atoms with E-state index >= 15 is 0 Å². The largest absolute Gasteiger partial charge is 0.518 e. The minimum Gasteiger partial charge on any atom is -0.518 e. The molecule has 0 aliphatic rings. The molecule has 0 spiro atoms. The molecule has 0 aliphatic heterocycles. The summed E-state index contributed by atoms with van der Waals surface area (Å²) >= 11 is 0. The van der Waals surface area contributed by atoms with Crippen molar-refractivity contribution < 1.29 is 4.43 Å². The molecule has 3 nitrogen and oxygen atoms in total. The van der Waals surface area contributed by atoms with Gasteiger partial charge < -0.3 is 4.43 Å². The van der Waals surface area contributed by atoms with Crippen molar-refractivity contribution >= 4 is 8.32 Å². The highest BCUT2D eigenvalue weighted by atomic mass is 28.4. The molecule has 0 saturated carbocycles. The highest BCUT2D eigenvalue weighted by Gasteiger charge is 2.17. The van der Waals surface area contributed by atoms with E-state index in [-0.39, 0.29) is 0 Å². The monoisotopic (exact) mass is 196 g/mol. The van der Waals surface area contributed by atoms with Gasteiger partial charge in [-0.15, -0.1) is 0 Å². The minimum absolute atomic E-state index is 0.516. The summed E-state index contributed by atoms with van der Waals surface area (Å²) in [7, 11) is -1.56. The molecular weight excluding hydrogens is 180 g/mol. The van der Waals surface area contributed by atoms with E-state index in [4.69, 9.17) is 4.43 Å². The van der Waals surface area contributed by atoms with Crippen LogP contribution in [0.3, 0.4) is 0 Å². The van der Waals surface area contributed by atoms with Gasteiger partial charge in [-0.1, -0.05) is 0 Å². The maximum Gasteiger partial charge on any atom is 0.302 e. The molecule has 1 aromatic rings. The Morgan fingerprint density at radius 2 is 1.85 bits per heavy atom. The van der Waals surface area contributed by atoms with Crippen LogP contribution >= 0.6 is 0 Å². The summed E-state index contributed by atoms with van der Waals surface area (Å²) in [6.07, 6.45) is 1.80. The fourth-order valence-electron chi connectivity index (χ4n) is 0.829. The van der Waals surface area contributed by atoms with E-state index in [1.54, 1.807) is 6.20 Å². The Labute approximate surface area is 80.3 Å². The molecule has 0 radical (unpaired) electrons. The van der Waals surface area contributed by atoms with Crippen LogP contribution in [0.5, 0.6) is 6.01 Å². The van der Waals surface area contributed by atoms with Gasteiger partial charge in [-0.3, -0.25) is 0 Å². The van der Waals surface area contributed by atoms with Crippen molar-refractivity contribution in [3.05, 3.63) is 17.5 Å². The number of nitrogens with zero attached hydrogens (tertiary/aromatic N) is 2. The summed E-state index contributed by atoms with van der Waals surface area (Å²) in [6, 6.07) is 0.516. The quantitative estimate of drug-likeness (QED) is 0.681. The Morgan fingerprint density at radius 1 is 1.23 bits per heavy atom. The van der Waals surface area contributed by atoms with Gasteiger partial charge >= 0.3 is 6.01 Å². The minimum atomic E-state index is -1.56. The number of aromatic nitrogens is 2. The first-order valence-corrected chi connectivity index (χ1v) is 7.78. The Morgan fingerprint density at radius 3 is 2.31 bits per heavy atom. The van der Waals surface area contributed by atoms with Gasteiger partial charge in [0.2, 0.25) is 8.32 Å². The van der Waals surface area contributed by atoms with Crippen molar-refractivity contribution in [3.8, 4) is 6.01 Å². The fourth-order valence-corrected chi connectivity index (χ4v) is 1.48. The summed E-state index contributed by atoms with van der Waals surface area (Å²) in [6.45, 7) is 10.3. The van der Waals surface area contributed by atoms with Gasteiger partial charge in [0.25, 0.3) is 0 Å². The summed E-state index contributed by atoms with van der Waals surface area (Å²) in [5.74, 6) is 0. The van der Waals surface area contributed by atoms with Crippen molar-refractivity contribution in [2.75, 3.05) is 0 Å². The second kappa shape index (κ2) is 3.45. The van der Waals surface area contributed by atoms with Crippen LogP contribution in [0.25, 0.3) is 0 Å². The molecule has 13 heavy (non-hydrogen) atoms. The van der Waals surface area contributed by atoms with Crippen molar-refractivity contribution in [3.63, 3.8) is 0 Å². The summed E-state index contributed by atoms with van der Waals surface area (Å²) < 4.78 is 5.65. The molecule has 0 atom stereocenters. The van der Waals surface area contributed by atoms with E-state index in [0.717, 1.165) is 11.3 Å². The lowest BCUT2D eigenvalue weighted by Gasteiger charge is -2.17. The molecule has 0 fully saturated rings. The first-order valence-electron chi connectivity index (χ1n) is 4.38. The van der Waals surface area contributed by atoms with E-state index in [0.29, 0.717) is 6.01 Å². The Kier molecular flexibility index (Phi) is 2.70. The summed E-state index contributed by atoms with van der Waals surface area (Å²) in [5.41, 5.74) is 2.09. The number of rotatable bonds is 2. The number of hydrogen-bond acceptors (Lipinski definition) is 3. The van der Waals surface area contributed by atoms with Crippen LogP contribution in [-0.4, -0.2) is 18.3 Å². The second-order valence-electron chi connectivity index (χ2n) is 4.14. The third-order valence-electron chi connectivity index (χ3n) is 1.60. The van der Waals surface area contributed by atoms with E-state index in [1.807, 2.05) is 13.8 Å². The summed E-state index contributed by atoms with van der Waals surface area (Å²) in [4.78, 5) is 8.39. The first-order chi connectivity index (χ1) is 5.88. The molecule has 1 aromatic heterocycles. The lowest BCUT2D eigenvalue weighted by Crippen LogP contribution is -2.30. The second-order valence-corrected chi connectivity index (χ2v) is 8.56. The highest BCUT2D eigenvalue weighted by Crippen LogP contribution is 2.11. The SMILES string of the molecule is Cc1cnc(O[Si](C)(C)C)nc1C. The Hall–Kier alpha value is -0.903. The van der Waals surface area contributed by atoms with Crippen molar-refractivity contribution in [1.82, 2.24) is 9.97 Å². The maximum absolute atomic E-state index is 5.65. The zero-order valence-corrected chi connectivity index (χ0v) is 9.88. The van der Waals surface area contributed by atoms with Gasteiger partial charge in [0.05, 0.1) is 0 Å². The molecule has 0 N–H and O–H groups in total. The molecule has 72 valence electrons. The third-order valence-corrected chi connectivity index (χ3v) is 2.40. The molecule has 0 unspecified atom stereocenters. The Balaban J connectivity index is 2.86. The zero-order chi connectivity index (χ0) is 10.1. The van der Waals surface area contributed by atoms with Gasteiger partial charge in [0.1, 0.15) is 0 Å². The molecule has 0 saturated heterocycles. The van der Waals surface area contributed by atoms with Gasteiger partial charge in [-0.2, -0.15) is 0 Å². The normalized spacial score (nSPS) is 11.5. The predicted octanol–water partition coefficient (Wildman–Crippen LogP) is 2.31. The highest BCUT2D eigenvalue weighted by molar-refractivity contribution is 6.70.